The molecule has 0 aliphatic rings. The predicted molar refractivity (Wildman–Crippen MR) is 83.5 cm³/mol. The van der Waals surface area contributed by atoms with Crippen LogP contribution in [0, 0.1) is 17.6 Å². The van der Waals surface area contributed by atoms with E-state index in [4.69, 9.17) is 0 Å². The van der Waals surface area contributed by atoms with E-state index in [0.29, 0.717) is 10.8 Å². The molecule has 0 heterocycles. The van der Waals surface area contributed by atoms with Gasteiger partial charge in [-0.3, -0.25) is 0 Å². The van der Waals surface area contributed by atoms with Crippen molar-refractivity contribution in [1.29, 1.82) is 0 Å². The average Bonchev–Trinajstić information content (AvgIpc) is 2.44. The lowest BCUT2D eigenvalue weighted by molar-refractivity contribution is 0.506. The van der Waals surface area contributed by atoms with Gasteiger partial charge in [-0.25, -0.2) is 8.78 Å². The van der Waals surface area contributed by atoms with Gasteiger partial charge in [0.25, 0.3) is 0 Å². The summed E-state index contributed by atoms with van der Waals surface area (Å²) in [6.07, 6.45) is 0. The molecule has 112 valence electrons. The lowest BCUT2D eigenvalue weighted by Crippen LogP contribution is -2.19. The highest BCUT2D eigenvalue weighted by Crippen LogP contribution is 2.31. The zero-order valence-electron chi connectivity index (χ0n) is 12.2. The summed E-state index contributed by atoms with van der Waals surface area (Å²) >= 11 is 1.45. The van der Waals surface area contributed by atoms with E-state index in [0.717, 1.165) is 29.6 Å². The van der Waals surface area contributed by atoms with Gasteiger partial charge in [-0.1, -0.05) is 43.8 Å². The molecule has 0 unspecified atom stereocenters. The van der Waals surface area contributed by atoms with Crippen LogP contribution < -0.4 is 5.32 Å². The first kappa shape index (κ1) is 16.0. The molecular formula is C17H19F2NS. The van der Waals surface area contributed by atoms with Crippen LogP contribution in [-0.2, 0) is 6.54 Å². The van der Waals surface area contributed by atoms with Gasteiger partial charge in [-0.15, -0.1) is 0 Å². The van der Waals surface area contributed by atoms with E-state index >= 15 is 0 Å². The van der Waals surface area contributed by atoms with E-state index in [-0.39, 0.29) is 0 Å². The molecule has 2 aromatic rings. The molecule has 21 heavy (non-hydrogen) atoms. The minimum atomic E-state index is -0.814. The van der Waals surface area contributed by atoms with Crippen LogP contribution in [0.5, 0.6) is 0 Å². The Hall–Kier alpha value is -1.39. The van der Waals surface area contributed by atoms with Crippen LogP contribution in [0.3, 0.4) is 0 Å². The van der Waals surface area contributed by atoms with Crippen molar-refractivity contribution in [2.24, 2.45) is 5.92 Å². The Morgan fingerprint density at radius 2 is 1.81 bits per heavy atom. The number of benzene rings is 2. The highest BCUT2D eigenvalue weighted by Gasteiger charge is 2.07. The molecule has 0 aromatic heterocycles. The molecule has 0 saturated heterocycles. The first-order valence-corrected chi connectivity index (χ1v) is 7.79. The van der Waals surface area contributed by atoms with Crippen LogP contribution in [0.2, 0.25) is 0 Å². The van der Waals surface area contributed by atoms with Gasteiger partial charge < -0.3 is 5.32 Å². The maximum Gasteiger partial charge on any atom is 0.159 e. The van der Waals surface area contributed by atoms with Crippen LogP contribution >= 0.6 is 11.8 Å². The van der Waals surface area contributed by atoms with Gasteiger partial charge in [-0.05, 0) is 42.3 Å². The van der Waals surface area contributed by atoms with Crippen LogP contribution in [0.4, 0.5) is 8.78 Å². The lowest BCUT2D eigenvalue weighted by Gasteiger charge is -2.11. The summed E-state index contributed by atoms with van der Waals surface area (Å²) < 4.78 is 26.2. The van der Waals surface area contributed by atoms with Gasteiger partial charge in [0, 0.05) is 16.3 Å². The zero-order valence-corrected chi connectivity index (χ0v) is 13.0. The van der Waals surface area contributed by atoms with Crippen LogP contribution in [0.25, 0.3) is 0 Å². The second kappa shape index (κ2) is 7.57. The Bertz CT molecular complexity index is 599. The standard InChI is InChI=1S/C17H19F2NS/c1-12(2)10-20-11-13-5-3-4-6-17(13)21-14-7-8-15(18)16(19)9-14/h3-9,12,20H,10-11H2,1-2H3. The summed E-state index contributed by atoms with van der Waals surface area (Å²) in [5.74, 6) is -1.03. The zero-order chi connectivity index (χ0) is 15.2. The van der Waals surface area contributed by atoms with Crippen molar-refractivity contribution < 1.29 is 8.78 Å². The molecule has 0 aliphatic carbocycles. The first-order valence-electron chi connectivity index (χ1n) is 6.98. The third-order valence-corrected chi connectivity index (χ3v) is 4.07. The minimum Gasteiger partial charge on any atom is -0.312 e. The van der Waals surface area contributed by atoms with Gasteiger partial charge >= 0.3 is 0 Å². The normalized spacial score (nSPS) is 11.1. The molecule has 0 aliphatic heterocycles. The molecule has 0 atom stereocenters. The van der Waals surface area contributed by atoms with E-state index < -0.39 is 11.6 Å². The van der Waals surface area contributed by atoms with Crippen molar-refractivity contribution in [1.82, 2.24) is 5.32 Å². The van der Waals surface area contributed by atoms with Crippen LogP contribution in [0.15, 0.2) is 52.3 Å². The summed E-state index contributed by atoms with van der Waals surface area (Å²) in [5.41, 5.74) is 1.16. The summed E-state index contributed by atoms with van der Waals surface area (Å²) in [5, 5.41) is 3.40. The van der Waals surface area contributed by atoms with Crippen molar-refractivity contribution in [3.63, 3.8) is 0 Å². The summed E-state index contributed by atoms with van der Waals surface area (Å²) in [7, 11) is 0. The SMILES string of the molecule is CC(C)CNCc1ccccc1Sc1ccc(F)c(F)c1. The van der Waals surface area contributed by atoms with Crippen molar-refractivity contribution in [3.8, 4) is 0 Å². The fourth-order valence-corrected chi connectivity index (χ4v) is 2.88. The van der Waals surface area contributed by atoms with E-state index in [9.17, 15) is 8.78 Å². The third-order valence-electron chi connectivity index (χ3n) is 2.96. The Morgan fingerprint density at radius 3 is 2.52 bits per heavy atom. The number of hydrogen-bond acceptors (Lipinski definition) is 2. The molecule has 0 spiro atoms. The Labute approximate surface area is 128 Å². The van der Waals surface area contributed by atoms with Gasteiger partial charge in [0.15, 0.2) is 11.6 Å². The average molecular weight is 307 g/mol. The molecule has 1 N–H and O–H groups in total. The van der Waals surface area contributed by atoms with Crippen LogP contribution in [-0.4, -0.2) is 6.54 Å². The van der Waals surface area contributed by atoms with Crippen molar-refractivity contribution in [2.75, 3.05) is 6.54 Å². The second-order valence-electron chi connectivity index (χ2n) is 5.31. The van der Waals surface area contributed by atoms with E-state index in [1.54, 1.807) is 6.07 Å². The van der Waals surface area contributed by atoms with Crippen molar-refractivity contribution in [3.05, 3.63) is 59.7 Å². The monoisotopic (exact) mass is 307 g/mol. The number of halogens is 2. The molecule has 0 radical (unpaired) electrons. The maximum absolute atomic E-state index is 13.3. The topological polar surface area (TPSA) is 12.0 Å². The third kappa shape index (κ3) is 4.83. The van der Waals surface area contributed by atoms with Crippen LogP contribution in [0.1, 0.15) is 19.4 Å². The highest BCUT2D eigenvalue weighted by atomic mass is 32.2. The number of hydrogen-bond donors (Lipinski definition) is 1. The number of nitrogens with one attached hydrogen (secondary N) is 1. The summed E-state index contributed by atoms with van der Waals surface area (Å²) in [6, 6.07) is 12.0. The fraction of sp³-hybridized carbons (Fsp3) is 0.294. The fourth-order valence-electron chi connectivity index (χ4n) is 1.91. The molecule has 0 amide bonds. The molecular weight excluding hydrogens is 288 g/mol. The molecule has 0 fully saturated rings. The van der Waals surface area contributed by atoms with Crippen molar-refractivity contribution >= 4 is 11.8 Å². The van der Waals surface area contributed by atoms with Gasteiger partial charge in [0.2, 0.25) is 0 Å². The van der Waals surface area contributed by atoms with E-state index in [2.05, 4.69) is 25.2 Å². The second-order valence-corrected chi connectivity index (χ2v) is 6.43. The Balaban J connectivity index is 2.10. The Kier molecular flexibility index (Phi) is 5.76. The summed E-state index contributed by atoms with van der Waals surface area (Å²) in [6.45, 7) is 6.04. The molecule has 2 rings (SSSR count). The Morgan fingerprint density at radius 1 is 1.05 bits per heavy atom. The van der Waals surface area contributed by atoms with Crippen molar-refractivity contribution in [2.45, 2.75) is 30.2 Å². The van der Waals surface area contributed by atoms with Gasteiger partial charge in [-0.2, -0.15) is 0 Å². The first-order chi connectivity index (χ1) is 10.1. The van der Waals surface area contributed by atoms with E-state index in [1.807, 2.05) is 18.2 Å². The molecule has 0 saturated carbocycles. The van der Waals surface area contributed by atoms with Gasteiger partial charge in [0.05, 0.1) is 0 Å². The molecule has 1 nitrogen and oxygen atoms in total. The lowest BCUT2D eigenvalue weighted by atomic mass is 10.2. The highest BCUT2D eigenvalue weighted by molar-refractivity contribution is 7.99. The quantitative estimate of drug-likeness (QED) is 0.818. The minimum absolute atomic E-state index is 0.594. The smallest absolute Gasteiger partial charge is 0.159 e. The molecule has 2 aromatic carbocycles. The number of rotatable bonds is 6. The maximum atomic E-state index is 13.3. The largest absolute Gasteiger partial charge is 0.312 e. The molecule has 4 heteroatoms. The molecule has 0 bridgehead atoms. The summed E-state index contributed by atoms with van der Waals surface area (Å²) in [4.78, 5) is 1.75. The van der Waals surface area contributed by atoms with E-state index in [1.165, 1.54) is 17.8 Å². The predicted octanol–water partition coefficient (Wildman–Crippen LogP) is 4.86. The van der Waals surface area contributed by atoms with Gasteiger partial charge in [0.1, 0.15) is 0 Å².